The minimum Gasteiger partial charge on any atom is -0.491 e. The molecule has 3 heteroatoms. The average Bonchev–Trinajstić information content (AvgIpc) is 2.52. The van der Waals surface area contributed by atoms with Crippen molar-refractivity contribution in [3.63, 3.8) is 0 Å². The number of benzene rings is 2. The molecule has 0 amide bonds. The van der Waals surface area contributed by atoms with Gasteiger partial charge in [0.1, 0.15) is 12.4 Å². The second kappa shape index (κ2) is 7.68. The van der Waals surface area contributed by atoms with Gasteiger partial charge in [-0.15, -0.1) is 0 Å². The fourth-order valence-corrected chi connectivity index (χ4v) is 2.15. The zero-order valence-electron chi connectivity index (χ0n) is 11.4. The maximum Gasteiger partial charge on any atom is 0.119 e. The lowest BCUT2D eigenvalue weighted by Gasteiger charge is -2.19. The van der Waals surface area contributed by atoms with Gasteiger partial charge in [-0.25, -0.2) is 0 Å². The predicted octanol–water partition coefficient (Wildman–Crippen LogP) is 2.59. The molecule has 20 heavy (non-hydrogen) atoms. The van der Waals surface area contributed by atoms with Crippen LogP contribution in [0.25, 0.3) is 0 Å². The Morgan fingerprint density at radius 3 is 2.10 bits per heavy atom. The molecule has 0 saturated heterocycles. The van der Waals surface area contributed by atoms with Crippen molar-refractivity contribution in [1.29, 1.82) is 0 Å². The second-order valence-corrected chi connectivity index (χ2v) is 4.80. The lowest BCUT2D eigenvalue weighted by Crippen LogP contribution is -2.22. The fourth-order valence-electron chi connectivity index (χ4n) is 2.15. The molecule has 0 aromatic heterocycles. The van der Waals surface area contributed by atoms with E-state index in [-0.39, 0.29) is 19.1 Å². The highest BCUT2D eigenvalue weighted by Crippen LogP contribution is 2.21. The summed E-state index contributed by atoms with van der Waals surface area (Å²) >= 11 is 0. The van der Waals surface area contributed by atoms with Gasteiger partial charge in [-0.3, -0.25) is 0 Å². The first-order chi connectivity index (χ1) is 9.79. The number of hydrogen-bond acceptors (Lipinski definition) is 3. The quantitative estimate of drug-likeness (QED) is 0.814. The molecule has 0 heterocycles. The van der Waals surface area contributed by atoms with Gasteiger partial charge in [0.05, 0.1) is 12.7 Å². The zero-order chi connectivity index (χ0) is 14.2. The van der Waals surface area contributed by atoms with Crippen molar-refractivity contribution in [3.8, 4) is 5.75 Å². The van der Waals surface area contributed by atoms with Gasteiger partial charge in [0, 0.05) is 5.92 Å². The molecule has 0 spiro atoms. The Kier molecular flexibility index (Phi) is 5.59. The van der Waals surface area contributed by atoms with Crippen LogP contribution in [0.1, 0.15) is 17.9 Å². The number of aliphatic hydroxyl groups excluding tert-OH is 2. The van der Waals surface area contributed by atoms with Crippen LogP contribution < -0.4 is 4.74 Å². The molecule has 0 aliphatic heterocycles. The molecule has 0 bridgehead atoms. The molecule has 0 radical (unpaired) electrons. The van der Waals surface area contributed by atoms with Crippen LogP contribution in [-0.2, 0) is 0 Å². The fraction of sp³-hybridized carbons (Fsp3) is 0.294. The van der Waals surface area contributed by atoms with Crippen molar-refractivity contribution in [3.05, 3.63) is 66.2 Å². The summed E-state index contributed by atoms with van der Waals surface area (Å²) in [6.45, 7) is 0.250. The summed E-state index contributed by atoms with van der Waals surface area (Å²) in [5, 5.41) is 19.5. The van der Waals surface area contributed by atoms with Crippen LogP contribution >= 0.6 is 0 Å². The van der Waals surface area contributed by atoms with E-state index < -0.39 is 6.10 Å². The first-order valence-electron chi connectivity index (χ1n) is 6.81. The standard InChI is InChI=1S/C17H20O3/c18-12-15(14-7-3-1-4-8-14)11-16(19)13-20-17-9-5-2-6-10-17/h1-10,15-16,18-19H,11-13H2. The highest BCUT2D eigenvalue weighted by molar-refractivity contribution is 5.21. The molecular weight excluding hydrogens is 252 g/mol. The number of ether oxygens (including phenoxy) is 1. The van der Waals surface area contributed by atoms with E-state index >= 15 is 0 Å². The van der Waals surface area contributed by atoms with Gasteiger partial charge >= 0.3 is 0 Å². The Balaban J connectivity index is 1.85. The third kappa shape index (κ3) is 4.37. The van der Waals surface area contributed by atoms with Crippen LogP contribution in [0.3, 0.4) is 0 Å². The van der Waals surface area contributed by atoms with E-state index in [9.17, 15) is 10.2 Å². The normalized spacial score (nSPS) is 13.7. The molecule has 0 aliphatic rings. The third-order valence-electron chi connectivity index (χ3n) is 3.23. The van der Waals surface area contributed by atoms with Crippen molar-refractivity contribution >= 4 is 0 Å². The molecule has 2 aromatic rings. The van der Waals surface area contributed by atoms with Crippen molar-refractivity contribution in [1.82, 2.24) is 0 Å². The molecule has 2 rings (SSSR count). The second-order valence-electron chi connectivity index (χ2n) is 4.80. The summed E-state index contributed by atoms with van der Waals surface area (Å²) in [6.07, 6.45) is -0.125. The van der Waals surface area contributed by atoms with Crippen molar-refractivity contribution < 1.29 is 14.9 Å². The molecule has 0 aliphatic carbocycles. The van der Waals surface area contributed by atoms with Crippen LogP contribution in [-0.4, -0.2) is 29.5 Å². The van der Waals surface area contributed by atoms with E-state index in [1.807, 2.05) is 60.7 Å². The van der Waals surface area contributed by atoms with Crippen molar-refractivity contribution in [2.45, 2.75) is 18.4 Å². The monoisotopic (exact) mass is 272 g/mol. The van der Waals surface area contributed by atoms with E-state index in [1.54, 1.807) is 0 Å². The van der Waals surface area contributed by atoms with Crippen LogP contribution in [0.5, 0.6) is 5.75 Å². The SMILES string of the molecule is OCC(CC(O)COc1ccccc1)c1ccccc1. The molecule has 3 nitrogen and oxygen atoms in total. The molecule has 2 aromatic carbocycles. The van der Waals surface area contributed by atoms with Crippen molar-refractivity contribution in [2.24, 2.45) is 0 Å². The van der Waals surface area contributed by atoms with Gasteiger partial charge in [-0.1, -0.05) is 48.5 Å². The predicted molar refractivity (Wildman–Crippen MR) is 78.8 cm³/mol. The number of aliphatic hydroxyl groups is 2. The van der Waals surface area contributed by atoms with Crippen LogP contribution in [0.4, 0.5) is 0 Å². The smallest absolute Gasteiger partial charge is 0.119 e. The lowest BCUT2D eigenvalue weighted by molar-refractivity contribution is 0.0852. The van der Waals surface area contributed by atoms with Gasteiger partial charge in [-0.05, 0) is 24.1 Å². The van der Waals surface area contributed by atoms with Crippen molar-refractivity contribution in [2.75, 3.05) is 13.2 Å². The highest BCUT2D eigenvalue weighted by Gasteiger charge is 2.16. The molecule has 0 fully saturated rings. The number of para-hydroxylation sites is 1. The Bertz CT molecular complexity index is 484. The third-order valence-corrected chi connectivity index (χ3v) is 3.23. The van der Waals surface area contributed by atoms with E-state index in [0.717, 1.165) is 11.3 Å². The Hall–Kier alpha value is -1.84. The van der Waals surface area contributed by atoms with E-state index in [0.29, 0.717) is 6.42 Å². The van der Waals surface area contributed by atoms with Gasteiger partial charge in [0.25, 0.3) is 0 Å². The van der Waals surface area contributed by atoms with Gasteiger partial charge in [-0.2, -0.15) is 0 Å². The summed E-state index contributed by atoms with van der Waals surface area (Å²) in [5.74, 6) is 0.678. The first kappa shape index (κ1) is 14.6. The Morgan fingerprint density at radius 1 is 0.900 bits per heavy atom. The lowest BCUT2D eigenvalue weighted by atomic mass is 9.94. The number of rotatable bonds is 7. The summed E-state index contributed by atoms with van der Waals surface area (Å²) in [5.41, 5.74) is 1.04. The summed E-state index contributed by atoms with van der Waals surface area (Å²) in [7, 11) is 0. The minimum atomic E-state index is -0.604. The van der Waals surface area contributed by atoms with Crippen LogP contribution in [0.2, 0.25) is 0 Å². The topological polar surface area (TPSA) is 49.7 Å². The molecular formula is C17H20O3. The molecule has 2 unspecified atom stereocenters. The van der Waals surface area contributed by atoms with E-state index in [4.69, 9.17) is 4.74 Å². The molecule has 2 N–H and O–H groups in total. The zero-order valence-corrected chi connectivity index (χ0v) is 11.4. The largest absolute Gasteiger partial charge is 0.491 e. The maximum atomic E-state index is 10.0. The molecule has 106 valence electrons. The minimum absolute atomic E-state index is 0.0202. The average molecular weight is 272 g/mol. The number of hydrogen-bond donors (Lipinski definition) is 2. The molecule has 0 saturated carbocycles. The van der Waals surface area contributed by atoms with E-state index in [1.165, 1.54) is 0 Å². The summed E-state index contributed by atoms with van der Waals surface area (Å²) < 4.78 is 5.52. The Morgan fingerprint density at radius 2 is 1.50 bits per heavy atom. The summed E-state index contributed by atoms with van der Waals surface area (Å²) in [6, 6.07) is 19.1. The van der Waals surface area contributed by atoms with Crippen LogP contribution in [0.15, 0.2) is 60.7 Å². The van der Waals surface area contributed by atoms with Gasteiger partial charge in [0.15, 0.2) is 0 Å². The highest BCUT2D eigenvalue weighted by atomic mass is 16.5. The maximum absolute atomic E-state index is 10.0. The van der Waals surface area contributed by atoms with Gasteiger partial charge < -0.3 is 14.9 Å². The van der Waals surface area contributed by atoms with Gasteiger partial charge in [0.2, 0.25) is 0 Å². The molecule has 2 atom stereocenters. The van der Waals surface area contributed by atoms with Crippen LogP contribution in [0, 0.1) is 0 Å². The summed E-state index contributed by atoms with van der Waals surface area (Å²) in [4.78, 5) is 0. The Labute approximate surface area is 119 Å². The van der Waals surface area contributed by atoms with E-state index in [2.05, 4.69) is 0 Å². The first-order valence-corrected chi connectivity index (χ1v) is 6.81.